The lowest BCUT2D eigenvalue weighted by atomic mass is 10.1. The molecule has 19 heavy (non-hydrogen) atoms. The Labute approximate surface area is 120 Å². The molecule has 2 aromatic rings. The summed E-state index contributed by atoms with van der Waals surface area (Å²) in [5.74, 6) is 1.44. The van der Waals surface area contributed by atoms with Crippen LogP contribution in [0.25, 0.3) is 0 Å². The van der Waals surface area contributed by atoms with E-state index in [-0.39, 0.29) is 4.83 Å². The summed E-state index contributed by atoms with van der Waals surface area (Å²) in [5.41, 5.74) is 2.11. The van der Waals surface area contributed by atoms with Crippen molar-refractivity contribution in [3.8, 4) is 11.6 Å². The van der Waals surface area contributed by atoms with Crippen LogP contribution in [0.4, 0.5) is 0 Å². The van der Waals surface area contributed by atoms with E-state index in [2.05, 4.69) is 25.9 Å². The molecule has 0 radical (unpaired) electrons. The van der Waals surface area contributed by atoms with Crippen molar-refractivity contribution >= 4 is 15.9 Å². The summed E-state index contributed by atoms with van der Waals surface area (Å²) in [7, 11) is 3.26. The molecule has 0 amide bonds. The quantitative estimate of drug-likeness (QED) is 0.793. The van der Waals surface area contributed by atoms with E-state index >= 15 is 0 Å². The fourth-order valence-electron chi connectivity index (χ4n) is 1.71. The molecule has 0 aliphatic rings. The second-order valence-electron chi connectivity index (χ2n) is 4.00. The number of halogens is 1. The van der Waals surface area contributed by atoms with Gasteiger partial charge in [0.15, 0.2) is 0 Å². The lowest BCUT2D eigenvalue weighted by Gasteiger charge is -2.10. The van der Waals surface area contributed by atoms with Crippen molar-refractivity contribution in [3.05, 3.63) is 47.9 Å². The number of methoxy groups -OCH3 is 2. The first-order valence-electron chi connectivity index (χ1n) is 5.86. The van der Waals surface area contributed by atoms with Gasteiger partial charge in [0, 0.05) is 23.0 Å². The van der Waals surface area contributed by atoms with Gasteiger partial charge in [0.2, 0.25) is 5.88 Å². The van der Waals surface area contributed by atoms with Crippen molar-refractivity contribution < 1.29 is 9.47 Å². The van der Waals surface area contributed by atoms with Gasteiger partial charge in [-0.2, -0.15) is 0 Å². The highest BCUT2D eigenvalue weighted by Crippen LogP contribution is 2.28. The molecule has 0 aliphatic carbocycles. The van der Waals surface area contributed by atoms with E-state index < -0.39 is 0 Å². The molecule has 4 nitrogen and oxygen atoms in total. The molecular weight excluding hydrogens is 308 g/mol. The summed E-state index contributed by atoms with van der Waals surface area (Å²) in [6, 6.07) is 9.82. The number of aromatic nitrogens is 2. The molecule has 0 fully saturated rings. The Balaban J connectivity index is 2.08. The van der Waals surface area contributed by atoms with Crippen LogP contribution in [-0.4, -0.2) is 24.2 Å². The van der Waals surface area contributed by atoms with Crippen LogP contribution in [0.5, 0.6) is 11.6 Å². The third-order valence-corrected chi connectivity index (χ3v) is 3.63. The Morgan fingerprint density at radius 1 is 1.11 bits per heavy atom. The number of hydrogen-bond acceptors (Lipinski definition) is 4. The fraction of sp³-hybridized carbons (Fsp3) is 0.286. The van der Waals surface area contributed by atoms with E-state index in [0.717, 1.165) is 17.9 Å². The van der Waals surface area contributed by atoms with Crippen LogP contribution in [0.2, 0.25) is 0 Å². The topological polar surface area (TPSA) is 44.2 Å². The standard InChI is InChI=1S/C14H15BrN2O2/c1-18-12-5-3-10(4-6-12)13(15)7-11-8-14(19-2)17-9-16-11/h3-6,8-9,13H,7H2,1-2H3. The largest absolute Gasteiger partial charge is 0.497 e. The molecule has 0 saturated heterocycles. The molecule has 0 spiro atoms. The summed E-state index contributed by atoms with van der Waals surface area (Å²) in [4.78, 5) is 8.43. The summed E-state index contributed by atoms with van der Waals surface area (Å²) in [5, 5.41) is 0. The van der Waals surface area contributed by atoms with Gasteiger partial charge in [0.25, 0.3) is 0 Å². The van der Waals surface area contributed by atoms with Crippen LogP contribution >= 0.6 is 15.9 Å². The van der Waals surface area contributed by atoms with Crippen molar-refractivity contribution in [3.63, 3.8) is 0 Å². The van der Waals surface area contributed by atoms with E-state index in [4.69, 9.17) is 9.47 Å². The third-order valence-electron chi connectivity index (χ3n) is 2.77. The number of rotatable bonds is 5. The zero-order valence-electron chi connectivity index (χ0n) is 10.8. The van der Waals surface area contributed by atoms with E-state index in [1.165, 1.54) is 11.9 Å². The normalized spacial score (nSPS) is 11.9. The van der Waals surface area contributed by atoms with Crippen molar-refractivity contribution in [2.24, 2.45) is 0 Å². The molecule has 1 heterocycles. The molecule has 0 saturated carbocycles. The third kappa shape index (κ3) is 3.67. The maximum Gasteiger partial charge on any atom is 0.216 e. The van der Waals surface area contributed by atoms with Gasteiger partial charge in [0.05, 0.1) is 14.2 Å². The lowest BCUT2D eigenvalue weighted by molar-refractivity contribution is 0.396. The van der Waals surface area contributed by atoms with Crippen molar-refractivity contribution in [1.82, 2.24) is 9.97 Å². The summed E-state index contributed by atoms with van der Waals surface area (Å²) < 4.78 is 10.2. The number of hydrogen-bond donors (Lipinski definition) is 0. The summed E-state index contributed by atoms with van der Waals surface area (Å²) in [6.45, 7) is 0. The van der Waals surface area contributed by atoms with Crippen LogP contribution in [0.3, 0.4) is 0 Å². The molecule has 2 rings (SSSR count). The molecule has 5 heteroatoms. The minimum Gasteiger partial charge on any atom is -0.497 e. The number of benzene rings is 1. The minimum absolute atomic E-state index is 0.193. The highest BCUT2D eigenvalue weighted by molar-refractivity contribution is 9.09. The van der Waals surface area contributed by atoms with E-state index in [9.17, 15) is 0 Å². The maximum absolute atomic E-state index is 5.15. The molecule has 100 valence electrons. The molecular formula is C14H15BrN2O2. The minimum atomic E-state index is 0.193. The second-order valence-corrected chi connectivity index (χ2v) is 5.10. The van der Waals surface area contributed by atoms with Crippen LogP contribution < -0.4 is 9.47 Å². The maximum atomic E-state index is 5.15. The average molecular weight is 323 g/mol. The smallest absolute Gasteiger partial charge is 0.216 e. The Morgan fingerprint density at radius 3 is 2.47 bits per heavy atom. The molecule has 0 N–H and O–H groups in total. The van der Waals surface area contributed by atoms with Gasteiger partial charge in [-0.25, -0.2) is 9.97 Å². The van der Waals surface area contributed by atoms with Crippen LogP contribution in [0.1, 0.15) is 16.1 Å². The first-order valence-corrected chi connectivity index (χ1v) is 6.77. The van der Waals surface area contributed by atoms with E-state index in [1.807, 2.05) is 30.3 Å². The van der Waals surface area contributed by atoms with Gasteiger partial charge in [-0.15, -0.1) is 0 Å². The highest BCUT2D eigenvalue weighted by atomic mass is 79.9. The van der Waals surface area contributed by atoms with E-state index in [1.54, 1.807) is 14.2 Å². The van der Waals surface area contributed by atoms with Gasteiger partial charge in [-0.05, 0) is 17.7 Å². The molecule has 1 aromatic carbocycles. The van der Waals surface area contributed by atoms with Crippen molar-refractivity contribution in [1.29, 1.82) is 0 Å². The van der Waals surface area contributed by atoms with Crippen molar-refractivity contribution in [2.45, 2.75) is 11.2 Å². The van der Waals surface area contributed by atoms with E-state index in [0.29, 0.717) is 5.88 Å². The molecule has 1 aromatic heterocycles. The fourth-order valence-corrected chi connectivity index (χ4v) is 2.35. The monoisotopic (exact) mass is 322 g/mol. The van der Waals surface area contributed by atoms with Crippen molar-refractivity contribution in [2.75, 3.05) is 14.2 Å². The first kappa shape index (κ1) is 13.8. The van der Waals surface area contributed by atoms with Crippen LogP contribution in [0.15, 0.2) is 36.7 Å². The number of ether oxygens (including phenoxy) is 2. The number of nitrogens with zero attached hydrogens (tertiary/aromatic N) is 2. The SMILES string of the molecule is COc1ccc(C(Br)Cc2cc(OC)ncn2)cc1. The molecule has 0 bridgehead atoms. The van der Waals surface area contributed by atoms with Gasteiger partial charge < -0.3 is 9.47 Å². The predicted octanol–water partition coefficient (Wildman–Crippen LogP) is 3.17. The number of alkyl halides is 1. The molecule has 1 unspecified atom stereocenters. The molecule has 0 aliphatic heterocycles. The van der Waals surface area contributed by atoms with Crippen LogP contribution in [-0.2, 0) is 6.42 Å². The Bertz CT molecular complexity index is 531. The Hall–Kier alpha value is -1.62. The first-order chi connectivity index (χ1) is 9.22. The second kappa shape index (κ2) is 6.52. The highest BCUT2D eigenvalue weighted by Gasteiger charge is 2.10. The lowest BCUT2D eigenvalue weighted by Crippen LogP contribution is -1.99. The summed E-state index contributed by atoms with van der Waals surface area (Å²) >= 11 is 3.67. The van der Waals surface area contributed by atoms with Gasteiger partial charge in [-0.1, -0.05) is 28.1 Å². The van der Waals surface area contributed by atoms with Gasteiger partial charge >= 0.3 is 0 Å². The van der Waals surface area contributed by atoms with Gasteiger partial charge in [-0.3, -0.25) is 0 Å². The van der Waals surface area contributed by atoms with Gasteiger partial charge in [0.1, 0.15) is 12.1 Å². The average Bonchev–Trinajstić information content (AvgIpc) is 2.47. The predicted molar refractivity (Wildman–Crippen MR) is 77.0 cm³/mol. The zero-order chi connectivity index (χ0) is 13.7. The zero-order valence-corrected chi connectivity index (χ0v) is 12.4. The Morgan fingerprint density at radius 2 is 1.84 bits per heavy atom. The van der Waals surface area contributed by atoms with Crippen LogP contribution in [0, 0.1) is 0 Å². The summed E-state index contributed by atoms with van der Waals surface area (Å²) in [6.07, 6.45) is 2.28. The Kier molecular flexibility index (Phi) is 4.74. The molecule has 1 atom stereocenters.